The van der Waals surface area contributed by atoms with E-state index >= 15 is 0 Å². The molecule has 0 radical (unpaired) electrons. The second kappa shape index (κ2) is 11.0. The van der Waals surface area contributed by atoms with Crippen LogP contribution < -0.4 is 10.0 Å². The number of hydrogen-bond acceptors (Lipinski definition) is 4. The van der Waals surface area contributed by atoms with Gasteiger partial charge in [0.25, 0.3) is 15.9 Å². The van der Waals surface area contributed by atoms with E-state index in [1.54, 1.807) is 18.2 Å². The van der Waals surface area contributed by atoms with Crippen molar-refractivity contribution in [2.45, 2.75) is 56.4 Å². The van der Waals surface area contributed by atoms with Crippen molar-refractivity contribution < 1.29 is 17.9 Å². The molecular formula is C23H29ClN2O4S. The van der Waals surface area contributed by atoms with E-state index in [0.717, 1.165) is 18.4 Å². The molecule has 1 aliphatic carbocycles. The number of amides is 1. The molecule has 0 heterocycles. The average molecular weight is 465 g/mol. The summed E-state index contributed by atoms with van der Waals surface area (Å²) in [6.07, 6.45) is 6.97. The Morgan fingerprint density at radius 1 is 1.13 bits per heavy atom. The van der Waals surface area contributed by atoms with Crippen LogP contribution in [-0.4, -0.2) is 33.6 Å². The van der Waals surface area contributed by atoms with Gasteiger partial charge in [-0.2, -0.15) is 0 Å². The fraction of sp³-hybridized carbons (Fsp3) is 0.435. The first-order chi connectivity index (χ1) is 14.8. The second-order valence-corrected chi connectivity index (χ2v) is 9.95. The molecule has 0 aromatic heterocycles. The van der Waals surface area contributed by atoms with Gasteiger partial charge in [-0.15, -0.1) is 0 Å². The zero-order valence-corrected chi connectivity index (χ0v) is 19.3. The molecule has 6 nitrogen and oxygen atoms in total. The van der Waals surface area contributed by atoms with Crippen LogP contribution in [0.2, 0.25) is 5.02 Å². The molecule has 168 valence electrons. The number of halogens is 1. The summed E-state index contributed by atoms with van der Waals surface area (Å²) in [5.41, 5.74) is 1.52. The molecule has 2 aromatic carbocycles. The van der Waals surface area contributed by atoms with Gasteiger partial charge in [-0.25, -0.2) is 8.42 Å². The number of nitrogens with one attached hydrogen (secondary N) is 2. The van der Waals surface area contributed by atoms with Crippen LogP contribution >= 0.6 is 11.6 Å². The van der Waals surface area contributed by atoms with Crippen molar-refractivity contribution in [2.75, 3.05) is 17.9 Å². The number of carbonyl (C=O) groups excluding carboxylic acids is 1. The van der Waals surface area contributed by atoms with E-state index in [1.807, 2.05) is 13.0 Å². The molecule has 0 saturated heterocycles. The lowest BCUT2D eigenvalue weighted by molar-refractivity contribution is 0.0273. The molecule has 1 aliphatic rings. The number of hydrogen-bond donors (Lipinski definition) is 2. The van der Waals surface area contributed by atoms with Gasteiger partial charge in [-0.3, -0.25) is 9.52 Å². The van der Waals surface area contributed by atoms with Crippen molar-refractivity contribution in [1.82, 2.24) is 5.32 Å². The van der Waals surface area contributed by atoms with E-state index in [1.165, 1.54) is 37.5 Å². The second-order valence-electron chi connectivity index (χ2n) is 7.86. The molecule has 0 spiro atoms. The molecule has 1 amide bonds. The van der Waals surface area contributed by atoms with Gasteiger partial charge in [0.2, 0.25) is 0 Å². The van der Waals surface area contributed by atoms with E-state index in [2.05, 4.69) is 10.0 Å². The van der Waals surface area contributed by atoms with Crippen LogP contribution in [0.15, 0.2) is 47.4 Å². The molecule has 2 aromatic rings. The highest BCUT2D eigenvalue weighted by atomic mass is 35.5. The number of anilines is 1. The minimum absolute atomic E-state index is 0.0239. The maximum atomic E-state index is 12.7. The molecule has 8 heteroatoms. The SMILES string of the molecule is Cc1cccc(NS(=O)(=O)c2ccc(Cl)c(C(=O)NCCCOC3CCCCC3)c2)c1. The normalized spacial score (nSPS) is 14.9. The topological polar surface area (TPSA) is 84.5 Å². The van der Waals surface area contributed by atoms with Gasteiger partial charge in [0.1, 0.15) is 0 Å². The third-order valence-corrected chi connectivity index (χ3v) is 6.98. The Labute approximate surface area is 189 Å². The number of benzene rings is 2. The van der Waals surface area contributed by atoms with Crippen molar-refractivity contribution in [3.8, 4) is 0 Å². The van der Waals surface area contributed by atoms with Crippen molar-refractivity contribution in [1.29, 1.82) is 0 Å². The predicted molar refractivity (Wildman–Crippen MR) is 123 cm³/mol. The first kappa shape index (κ1) is 23.6. The summed E-state index contributed by atoms with van der Waals surface area (Å²) in [4.78, 5) is 12.5. The van der Waals surface area contributed by atoms with Crippen molar-refractivity contribution in [3.05, 3.63) is 58.6 Å². The lowest BCUT2D eigenvalue weighted by Crippen LogP contribution is -2.27. The van der Waals surface area contributed by atoms with E-state index in [4.69, 9.17) is 16.3 Å². The summed E-state index contributed by atoms with van der Waals surface area (Å²) < 4.78 is 33.9. The fourth-order valence-corrected chi connectivity index (χ4v) is 4.90. The molecular weight excluding hydrogens is 436 g/mol. The molecule has 2 N–H and O–H groups in total. The van der Waals surface area contributed by atoms with E-state index in [9.17, 15) is 13.2 Å². The Morgan fingerprint density at radius 3 is 2.65 bits per heavy atom. The lowest BCUT2D eigenvalue weighted by atomic mass is 9.98. The van der Waals surface area contributed by atoms with Gasteiger partial charge in [0, 0.05) is 18.8 Å². The summed E-state index contributed by atoms with van der Waals surface area (Å²) in [7, 11) is -3.85. The number of sulfonamides is 1. The third kappa shape index (κ3) is 6.95. The monoisotopic (exact) mass is 464 g/mol. The van der Waals surface area contributed by atoms with Crippen LogP contribution in [0.1, 0.15) is 54.4 Å². The molecule has 0 unspecified atom stereocenters. The van der Waals surface area contributed by atoms with Gasteiger partial charge in [-0.1, -0.05) is 43.0 Å². The molecule has 0 aliphatic heterocycles. The lowest BCUT2D eigenvalue weighted by Gasteiger charge is -2.21. The Kier molecular flexibility index (Phi) is 8.35. The van der Waals surface area contributed by atoms with Crippen molar-refractivity contribution >= 4 is 33.2 Å². The van der Waals surface area contributed by atoms with Crippen LogP contribution in [0, 0.1) is 6.92 Å². The standard InChI is InChI=1S/C23H29ClN2O4S/c1-17-7-5-8-18(15-17)26-31(28,29)20-11-12-22(24)21(16-20)23(27)25-13-6-14-30-19-9-3-2-4-10-19/h5,7-8,11-12,15-16,19,26H,2-4,6,9-10,13-14H2,1H3,(H,25,27). The number of carbonyl (C=O) groups is 1. The Morgan fingerprint density at radius 2 is 1.90 bits per heavy atom. The van der Waals surface area contributed by atoms with Crippen molar-refractivity contribution in [3.63, 3.8) is 0 Å². The molecule has 1 fully saturated rings. The van der Waals surface area contributed by atoms with Crippen LogP contribution in [0.25, 0.3) is 0 Å². The fourth-order valence-electron chi connectivity index (χ4n) is 3.62. The quantitative estimate of drug-likeness (QED) is 0.516. The summed E-state index contributed by atoms with van der Waals surface area (Å²) in [5, 5.41) is 2.99. The summed E-state index contributed by atoms with van der Waals surface area (Å²) in [5.74, 6) is -0.407. The van der Waals surface area contributed by atoms with Crippen LogP contribution in [-0.2, 0) is 14.8 Å². The Hall–Kier alpha value is -2.09. The predicted octanol–water partition coefficient (Wildman–Crippen LogP) is 4.92. The van der Waals surface area contributed by atoms with Gasteiger partial charge in [0.15, 0.2) is 0 Å². The van der Waals surface area contributed by atoms with Crippen molar-refractivity contribution in [2.24, 2.45) is 0 Å². The first-order valence-corrected chi connectivity index (χ1v) is 12.5. The molecule has 0 bridgehead atoms. The van der Waals surface area contributed by atoms with Gasteiger partial charge in [-0.05, 0) is 62.1 Å². The Bertz CT molecular complexity index is 1000. The van der Waals surface area contributed by atoms with Crippen LogP contribution in [0.4, 0.5) is 5.69 Å². The Balaban J connectivity index is 1.57. The number of ether oxygens (including phenoxy) is 1. The van der Waals surface area contributed by atoms with Crippen LogP contribution in [0.3, 0.4) is 0 Å². The maximum absolute atomic E-state index is 12.7. The highest BCUT2D eigenvalue weighted by Crippen LogP contribution is 2.23. The zero-order chi connectivity index (χ0) is 22.3. The van der Waals surface area contributed by atoms with E-state index in [0.29, 0.717) is 31.4 Å². The highest BCUT2D eigenvalue weighted by Gasteiger charge is 2.19. The van der Waals surface area contributed by atoms with Crippen LogP contribution in [0.5, 0.6) is 0 Å². The molecule has 31 heavy (non-hydrogen) atoms. The minimum atomic E-state index is -3.85. The summed E-state index contributed by atoms with van der Waals surface area (Å²) >= 11 is 6.16. The average Bonchev–Trinajstić information content (AvgIpc) is 2.74. The zero-order valence-electron chi connectivity index (χ0n) is 17.7. The van der Waals surface area contributed by atoms with Gasteiger partial charge < -0.3 is 10.1 Å². The summed E-state index contributed by atoms with van der Waals surface area (Å²) in [6.45, 7) is 2.90. The smallest absolute Gasteiger partial charge is 0.261 e. The van der Waals surface area contributed by atoms with Gasteiger partial charge >= 0.3 is 0 Å². The molecule has 3 rings (SSSR count). The van der Waals surface area contributed by atoms with E-state index in [-0.39, 0.29) is 15.5 Å². The minimum Gasteiger partial charge on any atom is -0.378 e. The van der Waals surface area contributed by atoms with E-state index < -0.39 is 15.9 Å². The number of rotatable bonds is 9. The largest absolute Gasteiger partial charge is 0.378 e. The number of aryl methyl sites for hydroxylation is 1. The highest BCUT2D eigenvalue weighted by molar-refractivity contribution is 7.92. The third-order valence-electron chi connectivity index (χ3n) is 5.28. The van der Waals surface area contributed by atoms with Gasteiger partial charge in [0.05, 0.1) is 21.6 Å². The summed E-state index contributed by atoms with van der Waals surface area (Å²) in [6, 6.07) is 11.2. The molecule has 0 atom stereocenters. The molecule has 1 saturated carbocycles. The maximum Gasteiger partial charge on any atom is 0.261 e. The first-order valence-electron chi connectivity index (χ1n) is 10.6.